The number of benzene rings is 1. The van der Waals surface area contributed by atoms with Crippen LogP contribution in [0.4, 0.5) is 4.39 Å². The van der Waals surface area contributed by atoms with Gasteiger partial charge in [0.05, 0.1) is 5.75 Å². The Labute approximate surface area is 176 Å². The molecule has 0 bridgehead atoms. The Balaban J connectivity index is 1.48. The molecular weight excluding hydrogens is 407 g/mol. The number of nitrogens with one attached hydrogen (secondary N) is 1. The predicted molar refractivity (Wildman–Crippen MR) is 112 cm³/mol. The van der Waals surface area contributed by atoms with E-state index in [1.54, 1.807) is 22.9 Å². The van der Waals surface area contributed by atoms with Gasteiger partial charge in [-0.1, -0.05) is 19.1 Å². The van der Waals surface area contributed by atoms with Crippen LogP contribution in [0.1, 0.15) is 54.4 Å². The number of carbonyl (C=O) groups excluding carboxylic acids is 1. The van der Waals surface area contributed by atoms with Crippen LogP contribution in [0.3, 0.4) is 0 Å². The van der Waals surface area contributed by atoms with Gasteiger partial charge in [-0.05, 0) is 50.7 Å². The summed E-state index contributed by atoms with van der Waals surface area (Å²) in [6, 6.07) is 6.33. The molecule has 1 aliphatic heterocycles. The van der Waals surface area contributed by atoms with Crippen LogP contribution in [-0.2, 0) is 22.9 Å². The molecule has 1 N–H and O–H groups in total. The zero-order chi connectivity index (χ0) is 21.3. The molecule has 2 heterocycles. The summed E-state index contributed by atoms with van der Waals surface area (Å²) in [5, 5.41) is 7.48. The fourth-order valence-corrected chi connectivity index (χ4v) is 5.90. The normalized spacial score (nSPS) is 17.8. The van der Waals surface area contributed by atoms with Crippen LogP contribution in [0.2, 0.25) is 0 Å². The summed E-state index contributed by atoms with van der Waals surface area (Å²) in [5.74, 6) is -0.482. The predicted octanol–water partition coefficient (Wildman–Crippen LogP) is 2.43. The van der Waals surface area contributed by atoms with E-state index in [1.165, 1.54) is 10.4 Å². The number of hydrogen-bond acceptors (Lipinski definition) is 4. The van der Waals surface area contributed by atoms with E-state index in [9.17, 15) is 17.6 Å². The molecule has 2 aromatic rings. The molecule has 162 valence electrons. The van der Waals surface area contributed by atoms with E-state index in [0.717, 1.165) is 30.5 Å². The molecule has 30 heavy (non-hydrogen) atoms. The summed E-state index contributed by atoms with van der Waals surface area (Å²) in [7, 11) is -3.21. The van der Waals surface area contributed by atoms with Crippen molar-refractivity contribution in [2.45, 2.75) is 51.5 Å². The third kappa shape index (κ3) is 4.00. The second kappa shape index (κ2) is 8.47. The van der Waals surface area contributed by atoms with Gasteiger partial charge in [-0.15, -0.1) is 0 Å². The lowest BCUT2D eigenvalue weighted by atomic mass is 10.1. The molecule has 9 heteroatoms. The minimum Gasteiger partial charge on any atom is -0.348 e. The molecule has 1 aromatic carbocycles. The molecule has 0 atom stereocenters. The molecule has 7 nitrogen and oxygen atoms in total. The SMILES string of the molecule is CCCS(=O)(=O)N1CCC(NC(=O)c2nn(-c3ccccc3F)c3c2CCC3)CC1. The fraction of sp³-hybridized carbons (Fsp3) is 0.524. The Bertz CT molecular complexity index is 1040. The first-order valence-corrected chi connectivity index (χ1v) is 12.2. The number of halogens is 1. The largest absolute Gasteiger partial charge is 0.348 e. The highest BCUT2D eigenvalue weighted by Crippen LogP contribution is 2.29. The average molecular weight is 435 g/mol. The Hall–Kier alpha value is -2.26. The summed E-state index contributed by atoms with van der Waals surface area (Å²) in [6.45, 7) is 2.67. The van der Waals surface area contributed by atoms with E-state index in [-0.39, 0.29) is 23.5 Å². The topological polar surface area (TPSA) is 84.3 Å². The van der Waals surface area contributed by atoms with Crippen molar-refractivity contribution in [3.63, 3.8) is 0 Å². The molecule has 0 unspecified atom stereocenters. The Morgan fingerprint density at radius 1 is 1.23 bits per heavy atom. The molecule has 0 saturated carbocycles. The first-order valence-electron chi connectivity index (χ1n) is 10.5. The van der Waals surface area contributed by atoms with Gasteiger partial charge in [0.2, 0.25) is 10.0 Å². The first-order chi connectivity index (χ1) is 14.4. The number of amides is 1. The van der Waals surface area contributed by atoms with Gasteiger partial charge in [-0.3, -0.25) is 4.79 Å². The second-order valence-corrected chi connectivity index (χ2v) is 10.0. The van der Waals surface area contributed by atoms with Gasteiger partial charge in [0.25, 0.3) is 5.91 Å². The van der Waals surface area contributed by atoms with Gasteiger partial charge in [0.15, 0.2) is 5.69 Å². The van der Waals surface area contributed by atoms with Crippen molar-refractivity contribution in [2.24, 2.45) is 0 Å². The molecule has 1 aromatic heterocycles. The van der Waals surface area contributed by atoms with E-state index in [0.29, 0.717) is 43.7 Å². The van der Waals surface area contributed by atoms with Crippen molar-refractivity contribution in [1.29, 1.82) is 0 Å². The van der Waals surface area contributed by atoms with Gasteiger partial charge < -0.3 is 5.32 Å². The molecule has 2 aliphatic rings. The molecule has 1 amide bonds. The summed E-state index contributed by atoms with van der Waals surface area (Å²) in [4.78, 5) is 13.0. The number of rotatable bonds is 6. The minimum atomic E-state index is -3.21. The van der Waals surface area contributed by atoms with Crippen molar-refractivity contribution < 1.29 is 17.6 Å². The van der Waals surface area contributed by atoms with Crippen molar-refractivity contribution in [3.05, 3.63) is 47.0 Å². The quantitative estimate of drug-likeness (QED) is 0.757. The van der Waals surface area contributed by atoms with E-state index in [4.69, 9.17) is 0 Å². The maximum Gasteiger partial charge on any atom is 0.272 e. The summed E-state index contributed by atoms with van der Waals surface area (Å²) >= 11 is 0. The van der Waals surface area contributed by atoms with Crippen molar-refractivity contribution in [3.8, 4) is 5.69 Å². The van der Waals surface area contributed by atoms with Crippen LogP contribution < -0.4 is 5.32 Å². The fourth-order valence-electron chi connectivity index (χ4n) is 4.36. The van der Waals surface area contributed by atoms with Crippen LogP contribution in [-0.4, -0.2) is 53.3 Å². The molecule has 0 spiro atoms. The van der Waals surface area contributed by atoms with E-state index in [1.807, 2.05) is 6.92 Å². The van der Waals surface area contributed by atoms with Crippen molar-refractivity contribution >= 4 is 15.9 Å². The van der Waals surface area contributed by atoms with Crippen molar-refractivity contribution in [2.75, 3.05) is 18.8 Å². The highest BCUT2D eigenvalue weighted by molar-refractivity contribution is 7.89. The lowest BCUT2D eigenvalue weighted by Crippen LogP contribution is -2.47. The van der Waals surface area contributed by atoms with E-state index in [2.05, 4.69) is 10.4 Å². The Morgan fingerprint density at radius 2 is 1.97 bits per heavy atom. The standard InChI is InChI=1S/C21H27FN4O3S/c1-2-14-30(28,29)25-12-10-15(11-13-25)23-21(27)20-16-6-5-9-18(16)26(24-20)19-8-4-3-7-17(19)22/h3-4,7-8,15H,2,5-6,9-14H2,1H3,(H,23,27). The van der Waals surface area contributed by atoms with Gasteiger partial charge in [-0.2, -0.15) is 5.10 Å². The summed E-state index contributed by atoms with van der Waals surface area (Å²) < 4.78 is 41.8. The molecule has 0 radical (unpaired) electrons. The number of piperidine rings is 1. The monoisotopic (exact) mass is 434 g/mol. The van der Waals surface area contributed by atoms with Gasteiger partial charge in [0, 0.05) is 30.4 Å². The van der Waals surface area contributed by atoms with Crippen LogP contribution in [0.25, 0.3) is 5.69 Å². The number of sulfonamides is 1. The van der Waals surface area contributed by atoms with Gasteiger partial charge >= 0.3 is 0 Å². The lowest BCUT2D eigenvalue weighted by molar-refractivity contribution is 0.0917. The number of fused-ring (bicyclic) bond motifs is 1. The molecule has 1 saturated heterocycles. The summed E-state index contributed by atoms with van der Waals surface area (Å²) in [6.07, 6.45) is 4.16. The first kappa shape index (κ1) is 21.0. The highest BCUT2D eigenvalue weighted by Gasteiger charge is 2.31. The molecule has 1 fully saturated rings. The van der Waals surface area contributed by atoms with Crippen molar-refractivity contribution in [1.82, 2.24) is 19.4 Å². The molecule has 4 rings (SSSR count). The van der Waals surface area contributed by atoms with Crippen LogP contribution in [0.5, 0.6) is 0 Å². The average Bonchev–Trinajstić information content (AvgIpc) is 3.32. The Kier molecular flexibility index (Phi) is 5.92. The zero-order valence-corrected chi connectivity index (χ0v) is 17.9. The zero-order valence-electron chi connectivity index (χ0n) is 17.1. The van der Waals surface area contributed by atoms with E-state index >= 15 is 0 Å². The number of carbonyl (C=O) groups is 1. The number of aromatic nitrogens is 2. The van der Waals surface area contributed by atoms with Gasteiger partial charge in [0.1, 0.15) is 11.5 Å². The van der Waals surface area contributed by atoms with Crippen LogP contribution in [0, 0.1) is 5.82 Å². The van der Waals surface area contributed by atoms with Gasteiger partial charge in [-0.25, -0.2) is 21.8 Å². The number of para-hydroxylation sites is 1. The maximum absolute atomic E-state index is 14.3. The second-order valence-electron chi connectivity index (χ2n) is 7.95. The minimum absolute atomic E-state index is 0.0961. The molecular formula is C21H27FN4O3S. The van der Waals surface area contributed by atoms with E-state index < -0.39 is 10.0 Å². The number of hydrogen-bond donors (Lipinski definition) is 1. The molecule has 1 aliphatic carbocycles. The smallest absolute Gasteiger partial charge is 0.272 e. The summed E-state index contributed by atoms with van der Waals surface area (Å²) in [5.41, 5.74) is 2.49. The lowest BCUT2D eigenvalue weighted by Gasteiger charge is -2.31. The third-order valence-electron chi connectivity index (χ3n) is 5.87. The number of nitrogens with zero attached hydrogens (tertiary/aromatic N) is 3. The highest BCUT2D eigenvalue weighted by atomic mass is 32.2. The maximum atomic E-state index is 14.3. The van der Waals surface area contributed by atoms with Crippen LogP contribution >= 0.6 is 0 Å². The third-order valence-corrected chi connectivity index (χ3v) is 7.95. The Morgan fingerprint density at radius 3 is 2.67 bits per heavy atom. The van der Waals surface area contributed by atoms with Crippen LogP contribution in [0.15, 0.2) is 24.3 Å².